The first kappa shape index (κ1) is 19.6. The van der Waals surface area contributed by atoms with E-state index in [9.17, 15) is 9.59 Å². The smallest absolute Gasteiger partial charge is 0.317 e. The van der Waals surface area contributed by atoms with Gasteiger partial charge in [-0.2, -0.15) is 0 Å². The van der Waals surface area contributed by atoms with E-state index in [0.29, 0.717) is 39.1 Å². The average Bonchev–Trinajstić information content (AvgIpc) is 3.00. The topological polar surface area (TPSA) is 88.1 Å². The van der Waals surface area contributed by atoms with Crippen LogP contribution in [0.25, 0.3) is 0 Å². The highest BCUT2D eigenvalue weighted by Crippen LogP contribution is 2.33. The van der Waals surface area contributed by atoms with Crippen LogP contribution < -0.4 is 5.32 Å². The minimum absolute atomic E-state index is 0.0235. The number of carboxylic acid groups (broad SMARTS) is 1. The Morgan fingerprint density at radius 1 is 1.33 bits per heavy atom. The Hall–Kier alpha value is -2.12. The van der Waals surface area contributed by atoms with Crippen LogP contribution in [0.4, 0.5) is 4.79 Å². The van der Waals surface area contributed by atoms with Gasteiger partial charge in [0.05, 0.1) is 19.3 Å². The number of carboxylic acids is 1. The summed E-state index contributed by atoms with van der Waals surface area (Å²) in [6.45, 7) is 4.14. The summed E-state index contributed by atoms with van der Waals surface area (Å²) >= 11 is 0. The van der Waals surface area contributed by atoms with Gasteiger partial charge in [0.15, 0.2) is 0 Å². The number of hydrogen-bond acceptors (Lipinski definition) is 4. The third-order valence-corrected chi connectivity index (χ3v) is 5.49. The predicted octanol–water partition coefficient (Wildman–Crippen LogP) is 2.05. The van der Waals surface area contributed by atoms with E-state index in [2.05, 4.69) is 5.32 Å². The van der Waals surface area contributed by atoms with Crippen molar-refractivity contribution in [2.75, 3.05) is 26.3 Å². The Bertz CT molecular complexity index is 653. The molecule has 148 valence electrons. The van der Waals surface area contributed by atoms with Crippen molar-refractivity contribution in [3.05, 3.63) is 35.9 Å². The fourth-order valence-corrected chi connectivity index (χ4v) is 3.83. The molecule has 1 spiro atoms. The predicted molar refractivity (Wildman–Crippen MR) is 99.6 cm³/mol. The highest BCUT2D eigenvalue weighted by molar-refractivity contribution is 5.75. The Morgan fingerprint density at radius 3 is 2.78 bits per heavy atom. The molecule has 0 aromatic heterocycles. The molecular formula is C20H28N2O5. The third-order valence-electron chi connectivity index (χ3n) is 5.49. The number of nitrogens with zero attached hydrogens (tertiary/aromatic N) is 1. The maximum atomic E-state index is 12.9. The van der Waals surface area contributed by atoms with Gasteiger partial charge < -0.3 is 24.8 Å². The first-order valence-electron chi connectivity index (χ1n) is 9.55. The van der Waals surface area contributed by atoms with E-state index in [0.717, 1.165) is 12.0 Å². The number of amides is 2. The number of ether oxygens (including phenoxy) is 2. The molecule has 27 heavy (non-hydrogen) atoms. The molecule has 2 heterocycles. The number of urea groups is 1. The molecule has 0 radical (unpaired) electrons. The van der Waals surface area contributed by atoms with Gasteiger partial charge in [-0.1, -0.05) is 30.3 Å². The van der Waals surface area contributed by atoms with E-state index in [-0.39, 0.29) is 24.6 Å². The van der Waals surface area contributed by atoms with Crippen molar-refractivity contribution >= 4 is 12.0 Å². The zero-order chi connectivity index (χ0) is 19.3. The van der Waals surface area contributed by atoms with Gasteiger partial charge in [-0.3, -0.25) is 4.79 Å². The van der Waals surface area contributed by atoms with Crippen molar-refractivity contribution in [1.29, 1.82) is 0 Å². The van der Waals surface area contributed by atoms with Crippen molar-refractivity contribution in [1.82, 2.24) is 10.2 Å². The summed E-state index contributed by atoms with van der Waals surface area (Å²) in [6.07, 6.45) is 1.76. The molecule has 2 saturated heterocycles. The minimum Gasteiger partial charge on any atom is -0.481 e. The Balaban J connectivity index is 1.63. The highest BCUT2D eigenvalue weighted by Gasteiger charge is 2.47. The van der Waals surface area contributed by atoms with E-state index in [4.69, 9.17) is 14.6 Å². The summed E-state index contributed by atoms with van der Waals surface area (Å²) in [6, 6.07) is 9.40. The fourth-order valence-electron chi connectivity index (χ4n) is 3.83. The molecule has 7 nitrogen and oxygen atoms in total. The number of hydrogen-bond donors (Lipinski definition) is 2. The van der Waals surface area contributed by atoms with Crippen LogP contribution in [0.3, 0.4) is 0 Å². The van der Waals surface area contributed by atoms with Crippen molar-refractivity contribution < 1.29 is 24.2 Å². The Labute approximate surface area is 159 Å². The summed E-state index contributed by atoms with van der Waals surface area (Å²) in [7, 11) is 0. The lowest BCUT2D eigenvalue weighted by Gasteiger charge is -2.42. The number of carbonyl (C=O) groups is 2. The van der Waals surface area contributed by atoms with Gasteiger partial charge in [0.1, 0.15) is 5.60 Å². The first-order chi connectivity index (χ1) is 13.0. The second kappa shape index (κ2) is 8.71. The van der Waals surface area contributed by atoms with Crippen LogP contribution in [0.1, 0.15) is 31.7 Å². The van der Waals surface area contributed by atoms with Gasteiger partial charge in [-0.15, -0.1) is 0 Å². The van der Waals surface area contributed by atoms with Gasteiger partial charge in [0.2, 0.25) is 0 Å². The lowest BCUT2D eigenvalue weighted by atomic mass is 9.94. The molecular weight excluding hydrogens is 348 g/mol. The standard InChI is InChI=1S/C20H28N2O5/c1-15-20(9-11-26-15)14-22(10-12-27-20)19(25)21-17(7-8-18(23)24)13-16-5-3-2-4-6-16/h2-6,15,17H,7-14H2,1H3,(H,21,25)(H,23,24). The lowest BCUT2D eigenvalue weighted by molar-refractivity contribution is -0.137. The molecule has 2 amide bonds. The molecule has 3 unspecified atom stereocenters. The zero-order valence-corrected chi connectivity index (χ0v) is 15.7. The van der Waals surface area contributed by atoms with Crippen LogP contribution in [0.15, 0.2) is 30.3 Å². The number of carbonyl (C=O) groups excluding carboxylic acids is 1. The summed E-state index contributed by atoms with van der Waals surface area (Å²) in [5.74, 6) is -0.857. The van der Waals surface area contributed by atoms with Crippen LogP contribution in [-0.2, 0) is 20.7 Å². The van der Waals surface area contributed by atoms with Gasteiger partial charge in [-0.05, 0) is 25.3 Å². The molecule has 0 aliphatic carbocycles. The van der Waals surface area contributed by atoms with Crippen LogP contribution in [0.5, 0.6) is 0 Å². The third kappa shape index (κ3) is 4.99. The van der Waals surface area contributed by atoms with Crippen molar-refractivity contribution in [3.63, 3.8) is 0 Å². The second-order valence-corrected chi connectivity index (χ2v) is 7.37. The average molecular weight is 376 g/mol. The monoisotopic (exact) mass is 376 g/mol. The van der Waals surface area contributed by atoms with Gasteiger partial charge in [-0.25, -0.2) is 4.79 Å². The number of benzene rings is 1. The normalized spacial score (nSPS) is 26.1. The molecule has 2 aliphatic heterocycles. The van der Waals surface area contributed by atoms with E-state index in [1.807, 2.05) is 37.3 Å². The molecule has 1 aromatic carbocycles. The molecule has 1 aromatic rings. The van der Waals surface area contributed by atoms with Crippen molar-refractivity contribution in [2.45, 2.75) is 50.4 Å². The number of rotatable bonds is 6. The fraction of sp³-hybridized carbons (Fsp3) is 0.600. The second-order valence-electron chi connectivity index (χ2n) is 7.37. The molecule has 2 aliphatic rings. The number of nitrogens with one attached hydrogen (secondary N) is 1. The number of aliphatic carboxylic acids is 1. The van der Waals surface area contributed by atoms with Crippen LogP contribution in [-0.4, -0.2) is 66.1 Å². The van der Waals surface area contributed by atoms with E-state index >= 15 is 0 Å². The van der Waals surface area contributed by atoms with E-state index in [1.165, 1.54) is 0 Å². The van der Waals surface area contributed by atoms with Crippen molar-refractivity contribution in [3.8, 4) is 0 Å². The molecule has 0 bridgehead atoms. The molecule has 2 fully saturated rings. The van der Waals surface area contributed by atoms with Gasteiger partial charge in [0, 0.05) is 32.0 Å². The summed E-state index contributed by atoms with van der Waals surface area (Å²) < 4.78 is 11.6. The minimum atomic E-state index is -0.857. The quantitative estimate of drug-likeness (QED) is 0.793. The SMILES string of the molecule is CC1OCCC12CN(C(=O)NC(CCC(=O)O)Cc1ccccc1)CCO2. The molecule has 3 atom stereocenters. The van der Waals surface area contributed by atoms with Crippen LogP contribution in [0, 0.1) is 0 Å². The Morgan fingerprint density at radius 2 is 2.11 bits per heavy atom. The van der Waals surface area contributed by atoms with Crippen LogP contribution in [0.2, 0.25) is 0 Å². The Kier molecular flexibility index (Phi) is 6.34. The van der Waals surface area contributed by atoms with Crippen LogP contribution >= 0.6 is 0 Å². The maximum Gasteiger partial charge on any atom is 0.317 e. The highest BCUT2D eigenvalue weighted by atomic mass is 16.6. The molecule has 7 heteroatoms. The largest absolute Gasteiger partial charge is 0.481 e. The lowest BCUT2D eigenvalue weighted by Crippen LogP contribution is -2.59. The zero-order valence-electron chi connectivity index (χ0n) is 15.7. The van der Waals surface area contributed by atoms with Gasteiger partial charge in [0.25, 0.3) is 0 Å². The first-order valence-corrected chi connectivity index (χ1v) is 9.55. The van der Waals surface area contributed by atoms with E-state index in [1.54, 1.807) is 4.90 Å². The summed E-state index contributed by atoms with van der Waals surface area (Å²) in [5, 5.41) is 12.1. The van der Waals surface area contributed by atoms with Crippen molar-refractivity contribution in [2.24, 2.45) is 0 Å². The summed E-state index contributed by atoms with van der Waals surface area (Å²) in [5.41, 5.74) is 0.649. The summed E-state index contributed by atoms with van der Waals surface area (Å²) in [4.78, 5) is 25.6. The molecule has 3 rings (SSSR count). The maximum absolute atomic E-state index is 12.9. The van der Waals surface area contributed by atoms with Gasteiger partial charge >= 0.3 is 12.0 Å². The molecule has 0 saturated carbocycles. The molecule has 2 N–H and O–H groups in total. The van der Waals surface area contributed by atoms with E-state index < -0.39 is 11.6 Å². The number of morpholine rings is 1.